The van der Waals surface area contributed by atoms with E-state index >= 15 is 0 Å². The van der Waals surface area contributed by atoms with E-state index in [1.165, 1.54) is 12.1 Å². The smallest absolute Gasteiger partial charge is 0.303 e. The number of carbonyl (C=O) groups is 2. The van der Waals surface area contributed by atoms with Crippen molar-refractivity contribution in [2.24, 2.45) is 0 Å². The van der Waals surface area contributed by atoms with Crippen LogP contribution in [0.5, 0.6) is 11.5 Å². The second kappa shape index (κ2) is 7.68. The third-order valence-corrected chi connectivity index (χ3v) is 3.84. The van der Waals surface area contributed by atoms with E-state index in [-0.39, 0.29) is 30.7 Å². The van der Waals surface area contributed by atoms with Crippen LogP contribution >= 0.6 is 0 Å². The molecule has 1 atom stereocenters. The first-order chi connectivity index (χ1) is 10.6. The summed E-state index contributed by atoms with van der Waals surface area (Å²) in [6.07, 6.45) is 3.37. The van der Waals surface area contributed by atoms with Crippen LogP contribution in [0, 0.1) is 0 Å². The summed E-state index contributed by atoms with van der Waals surface area (Å²) in [6.45, 7) is 0.580. The van der Waals surface area contributed by atoms with Crippen LogP contribution in [0.4, 0.5) is 0 Å². The fourth-order valence-electron chi connectivity index (χ4n) is 2.69. The number of rotatable bonds is 6. The van der Waals surface area contributed by atoms with Crippen molar-refractivity contribution in [3.8, 4) is 11.5 Å². The molecule has 2 rings (SSSR count). The molecular formula is C16H21NO5. The van der Waals surface area contributed by atoms with Crippen molar-refractivity contribution in [1.82, 2.24) is 4.90 Å². The summed E-state index contributed by atoms with van der Waals surface area (Å²) >= 11 is 0. The maximum Gasteiger partial charge on any atom is 0.303 e. The number of carbonyl (C=O) groups excluding carboxylic acids is 1. The van der Waals surface area contributed by atoms with E-state index in [0.717, 1.165) is 19.3 Å². The topological polar surface area (TPSA) is 87.1 Å². The zero-order valence-electron chi connectivity index (χ0n) is 12.4. The third-order valence-electron chi connectivity index (χ3n) is 3.84. The van der Waals surface area contributed by atoms with Crippen molar-refractivity contribution >= 4 is 11.9 Å². The first-order valence-corrected chi connectivity index (χ1v) is 7.49. The average Bonchev–Trinajstić information content (AvgIpc) is 2.52. The monoisotopic (exact) mass is 307 g/mol. The maximum absolute atomic E-state index is 12.3. The summed E-state index contributed by atoms with van der Waals surface area (Å²) in [5, 5.41) is 18.0. The van der Waals surface area contributed by atoms with Crippen LogP contribution in [-0.2, 0) is 9.59 Å². The molecule has 0 spiro atoms. The minimum absolute atomic E-state index is 0.0132. The number of carboxylic acid groups (broad SMARTS) is 1. The molecule has 1 amide bonds. The second-order valence-electron chi connectivity index (χ2n) is 5.45. The van der Waals surface area contributed by atoms with Gasteiger partial charge in [-0.2, -0.15) is 0 Å². The lowest BCUT2D eigenvalue weighted by molar-refractivity contribution is -0.141. The summed E-state index contributed by atoms with van der Waals surface area (Å²) in [5.74, 6) is -0.296. The molecule has 1 aliphatic rings. The number of piperidine rings is 1. The van der Waals surface area contributed by atoms with E-state index in [2.05, 4.69) is 0 Å². The van der Waals surface area contributed by atoms with Gasteiger partial charge in [0, 0.05) is 19.0 Å². The highest BCUT2D eigenvalue weighted by atomic mass is 16.5. The summed E-state index contributed by atoms with van der Waals surface area (Å²) in [6, 6.07) is 6.18. The van der Waals surface area contributed by atoms with E-state index in [9.17, 15) is 14.7 Å². The molecule has 0 radical (unpaired) electrons. The molecule has 2 N–H and O–H groups in total. The minimum atomic E-state index is -0.835. The standard InChI is InChI=1S/C16H21NO5/c18-13-5-7-14(8-6-13)22-11-15(19)17-10-2-1-3-12(17)4-9-16(20)21/h5-8,12,18H,1-4,9-11H2,(H,20,21). The van der Waals surface area contributed by atoms with Crippen LogP contribution in [0.15, 0.2) is 24.3 Å². The summed E-state index contributed by atoms with van der Waals surface area (Å²) < 4.78 is 5.43. The molecule has 0 aromatic heterocycles. The highest BCUT2D eigenvalue weighted by Crippen LogP contribution is 2.22. The van der Waals surface area contributed by atoms with Crippen LogP contribution in [-0.4, -0.2) is 46.2 Å². The Morgan fingerprint density at radius 1 is 1.23 bits per heavy atom. The van der Waals surface area contributed by atoms with Gasteiger partial charge in [-0.3, -0.25) is 9.59 Å². The molecule has 1 unspecified atom stereocenters. The lowest BCUT2D eigenvalue weighted by Gasteiger charge is -2.35. The van der Waals surface area contributed by atoms with Crippen LogP contribution in [0.25, 0.3) is 0 Å². The maximum atomic E-state index is 12.3. The van der Waals surface area contributed by atoms with E-state index < -0.39 is 5.97 Å². The normalized spacial score (nSPS) is 18.0. The number of aromatic hydroxyl groups is 1. The number of phenolic OH excluding ortho intramolecular Hbond substituents is 1. The SMILES string of the molecule is O=C(O)CCC1CCCCN1C(=O)COc1ccc(O)cc1. The molecule has 1 aliphatic heterocycles. The van der Waals surface area contributed by atoms with Crippen molar-refractivity contribution < 1.29 is 24.5 Å². The third kappa shape index (κ3) is 4.65. The molecule has 0 aliphatic carbocycles. The van der Waals surface area contributed by atoms with Gasteiger partial charge in [-0.25, -0.2) is 0 Å². The van der Waals surface area contributed by atoms with Crippen molar-refractivity contribution in [3.63, 3.8) is 0 Å². The van der Waals surface area contributed by atoms with Gasteiger partial charge in [0.1, 0.15) is 11.5 Å². The first kappa shape index (κ1) is 16.1. The Morgan fingerprint density at radius 2 is 1.95 bits per heavy atom. The summed E-state index contributed by atoms with van der Waals surface area (Å²) in [7, 11) is 0. The number of ether oxygens (including phenoxy) is 1. The zero-order chi connectivity index (χ0) is 15.9. The molecule has 1 fully saturated rings. The second-order valence-corrected chi connectivity index (χ2v) is 5.45. The van der Waals surface area contributed by atoms with Gasteiger partial charge in [0.05, 0.1) is 0 Å². The fraction of sp³-hybridized carbons (Fsp3) is 0.500. The van der Waals surface area contributed by atoms with Gasteiger partial charge in [-0.1, -0.05) is 0 Å². The van der Waals surface area contributed by atoms with Crippen LogP contribution in [0.1, 0.15) is 32.1 Å². The predicted molar refractivity (Wildman–Crippen MR) is 79.8 cm³/mol. The Labute approximate surface area is 129 Å². The van der Waals surface area contributed by atoms with Gasteiger partial charge in [0.15, 0.2) is 6.61 Å². The van der Waals surface area contributed by atoms with Crippen molar-refractivity contribution in [1.29, 1.82) is 0 Å². The summed E-state index contributed by atoms with van der Waals surface area (Å²) in [4.78, 5) is 24.7. The number of phenols is 1. The first-order valence-electron chi connectivity index (χ1n) is 7.49. The largest absolute Gasteiger partial charge is 0.508 e. The molecule has 6 nitrogen and oxygen atoms in total. The lowest BCUT2D eigenvalue weighted by Crippen LogP contribution is -2.46. The van der Waals surface area contributed by atoms with E-state index in [0.29, 0.717) is 18.7 Å². The van der Waals surface area contributed by atoms with E-state index in [1.54, 1.807) is 17.0 Å². The van der Waals surface area contributed by atoms with Gasteiger partial charge in [0.25, 0.3) is 5.91 Å². The van der Waals surface area contributed by atoms with Crippen molar-refractivity contribution in [2.75, 3.05) is 13.2 Å². The molecule has 1 aromatic rings. The van der Waals surface area contributed by atoms with Gasteiger partial charge in [0.2, 0.25) is 0 Å². The minimum Gasteiger partial charge on any atom is -0.508 e. The molecule has 22 heavy (non-hydrogen) atoms. The van der Waals surface area contributed by atoms with Crippen LogP contribution < -0.4 is 4.74 Å². The van der Waals surface area contributed by atoms with Gasteiger partial charge in [-0.15, -0.1) is 0 Å². The zero-order valence-corrected chi connectivity index (χ0v) is 12.4. The van der Waals surface area contributed by atoms with Crippen LogP contribution in [0.2, 0.25) is 0 Å². The number of aliphatic carboxylic acids is 1. The quantitative estimate of drug-likeness (QED) is 0.839. The van der Waals surface area contributed by atoms with Gasteiger partial charge < -0.3 is 19.8 Å². The number of amides is 1. The number of hydrogen-bond acceptors (Lipinski definition) is 4. The van der Waals surface area contributed by atoms with Crippen molar-refractivity contribution in [2.45, 2.75) is 38.1 Å². The van der Waals surface area contributed by atoms with E-state index in [4.69, 9.17) is 9.84 Å². The van der Waals surface area contributed by atoms with E-state index in [1.807, 2.05) is 0 Å². The Morgan fingerprint density at radius 3 is 2.64 bits per heavy atom. The Hall–Kier alpha value is -2.24. The number of nitrogens with zero attached hydrogens (tertiary/aromatic N) is 1. The highest BCUT2D eigenvalue weighted by Gasteiger charge is 2.27. The molecule has 1 aromatic carbocycles. The molecule has 0 bridgehead atoms. The molecule has 6 heteroatoms. The molecule has 0 saturated carbocycles. The number of likely N-dealkylation sites (tertiary alicyclic amines) is 1. The molecular weight excluding hydrogens is 286 g/mol. The predicted octanol–water partition coefficient (Wildman–Crippen LogP) is 2.02. The number of hydrogen-bond donors (Lipinski definition) is 2. The van der Waals surface area contributed by atoms with Gasteiger partial charge in [-0.05, 0) is 49.9 Å². The number of carboxylic acids is 1. The fourth-order valence-corrected chi connectivity index (χ4v) is 2.69. The molecule has 120 valence electrons. The molecule has 1 saturated heterocycles. The van der Waals surface area contributed by atoms with Crippen LogP contribution in [0.3, 0.4) is 0 Å². The highest BCUT2D eigenvalue weighted by molar-refractivity contribution is 5.78. The Kier molecular flexibility index (Phi) is 5.63. The lowest BCUT2D eigenvalue weighted by atomic mass is 9.98. The Balaban J connectivity index is 1.88. The molecule has 1 heterocycles. The van der Waals surface area contributed by atoms with Gasteiger partial charge >= 0.3 is 5.97 Å². The Bertz CT molecular complexity index is 514. The van der Waals surface area contributed by atoms with Crippen molar-refractivity contribution in [3.05, 3.63) is 24.3 Å². The number of benzene rings is 1. The average molecular weight is 307 g/mol. The summed E-state index contributed by atoms with van der Waals surface area (Å²) in [5.41, 5.74) is 0.